The fourth-order valence-electron chi connectivity index (χ4n) is 3.14. The van der Waals surface area contributed by atoms with E-state index in [9.17, 15) is 13.2 Å². The van der Waals surface area contributed by atoms with Crippen molar-refractivity contribution in [3.05, 3.63) is 53.6 Å². The Hall–Kier alpha value is -2.75. The van der Waals surface area contributed by atoms with Crippen molar-refractivity contribution in [3.8, 4) is 0 Å². The van der Waals surface area contributed by atoms with E-state index in [2.05, 4.69) is 15.3 Å². The van der Waals surface area contributed by atoms with Gasteiger partial charge in [0.15, 0.2) is 0 Å². The average Bonchev–Trinajstić information content (AvgIpc) is 3.11. The monoisotopic (exact) mass is 400 g/mol. The largest absolute Gasteiger partial charge is 0.379 e. The number of hydrogen-bond acceptors (Lipinski definition) is 5. The average molecular weight is 400 g/mol. The summed E-state index contributed by atoms with van der Waals surface area (Å²) in [5.41, 5.74) is 2.37. The third-order valence-corrected chi connectivity index (χ3v) is 6.70. The highest BCUT2D eigenvalue weighted by Gasteiger charge is 2.28. The van der Waals surface area contributed by atoms with Gasteiger partial charge >= 0.3 is 0 Å². The maximum atomic E-state index is 13.0. The number of rotatable bonds is 4. The van der Waals surface area contributed by atoms with Crippen LogP contribution in [0.25, 0.3) is 11.0 Å². The molecule has 1 aliphatic heterocycles. The highest BCUT2D eigenvalue weighted by Crippen LogP contribution is 2.23. The number of aromatic nitrogens is 2. The molecule has 2 heterocycles. The standard InChI is InChI=1S/C19H20N4O4S/c1-13-6-7-14(12-17(13)28(25,26)23-8-10-27-11-9-23)18(24)22-19-20-15-4-2-3-5-16(15)21-19/h2-7,12H,8-11H2,1H3,(H2,20,21,22,24). The van der Waals surface area contributed by atoms with E-state index in [1.807, 2.05) is 24.3 Å². The lowest BCUT2D eigenvalue weighted by atomic mass is 10.1. The number of hydrogen-bond donors (Lipinski definition) is 2. The summed E-state index contributed by atoms with van der Waals surface area (Å²) in [6, 6.07) is 12.1. The predicted molar refractivity (Wildman–Crippen MR) is 105 cm³/mol. The molecule has 1 aliphatic rings. The maximum Gasteiger partial charge on any atom is 0.258 e. The summed E-state index contributed by atoms with van der Waals surface area (Å²) in [5, 5.41) is 2.69. The van der Waals surface area contributed by atoms with E-state index in [4.69, 9.17) is 4.74 Å². The molecule has 1 saturated heterocycles. The van der Waals surface area contributed by atoms with Crippen molar-refractivity contribution in [2.75, 3.05) is 31.6 Å². The number of nitrogens with one attached hydrogen (secondary N) is 2. The normalized spacial score (nSPS) is 15.6. The third-order valence-electron chi connectivity index (χ3n) is 4.66. The quantitative estimate of drug-likeness (QED) is 0.698. The summed E-state index contributed by atoms with van der Waals surface area (Å²) in [4.78, 5) is 20.1. The Labute approximate surface area is 162 Å². The molecule has 4 rings (SSSR count). The Morgan fingerprint density at radius 3 is 2.68 bits per heavy atom. The zero-order valence-corrected chi connectivity index (χ0v) is 16.1. The lowest BCUT2D eigenvalue weighted by molar-refractivity contribution is 0.0730. The molecule has 0 unspecified atom stereocenters. The second-order valence-corrected chi connectivity index (χ2v) is 8.46. The first-order valence-electron chi connectivity index (χ1n) is 8.90. The molecule has 0 atom stereocenters. The van der Waals surface area contributed by atoms with Gasteiger partial charge in [0.05, 0.1) is 29.1 Å². The molecule has 0 bridgehead atoms. The molecule has 0 spiro atoms. The van der Waals surface area contributed by atoms with E-state index in [-0.39, 0.29) is 10.5 Å². The first-order valence-corrected chi connectivity index (χ1v) is 10.3. The number of amides is 1. The van der Waals surface area contributed by atoms with E-state index in [0.717, 1.165) is 11.0 Å². The molecular formula is C19H20N4O4S. The van der Waals surface area contributed by atoms with E-state index >= 15 is 0 Å². The van der Waals surface area contributed by atoms with Crippen molar-refractivity contribution in [3.63, 3.8) is 0 Å². The minimum atomic E-state index is -3.69. The fraction of sp³-hybridized carbons (Fsp3) is 0.263. The Bertz CT molecular complexity index is 1100. The van der Waals surface area contributed by atoms with Crippen LogP contribution in [0.2, 0.25) is 0 Å². The number of imidazole rings is 1. The van der Waals surface area contributed by atoms with Crippen molar-refractivity contribution in [2.45, 2.75) is 11.8 Å². The number of ether oxygens (including phenoxy) is 1. The summed E-state index contributed by atoms with van der Waals surface area (Å²) in [6.45, 7) is 3.05. The number of aromatic amines is 1. The zero-order chi connectivity index (χ0) is 19.7. The molecule has 1 aromatic heterocycles. The number of morpholine rings is 1. The summed E-state index contributed by atoms with van der Waals surface area (Å²) in [5.74, 6) is -0.123. The van der Waals surface area contributed by atoms with Crippen molar-refractivity contribution < 1.29 is 17.9 Å². The smallest absolute Gasteiger partial charge is 0.258 e. The number of anilines is 1. The first-order chi connectivity index (χ1) is 13.4. The van der Waals surface area contributed by atoms with E-state index < -0.39 is 15.9 Å². The molecule has 1 amide bonds. The lowest BCUT2D eigenvalue weighted by Gasteiger charge is -2.26. The molecule has 28 heavy (non-hydrogen) atoms. The highest BCUT2D eigenvalue weighted by atomic mass is 32.2. The van der Waals surface area contributed by atoms with Gasteiger partial charge < -0.3 is 9.72 Å². The van der Waals surface area contributed by atoms with Crippen LogP contribution in [0.3, 0.4) is 0 Å². The fourth-order valence-corrected chi connectivity index (χ4v) is 4.80. The van der Waals surface area contributed by atoms with Gasteiger partial charge in [-0.25, -0.2) is 13.4 Å². The van der Waals surface area contributed by atoms with Gasteiger partial charge in [0.1, 0.15) is 0 Å². The van der Waals surface area contributed by atoms with Crippen LogP contribution >= 0.6 is 0 Å². The molecule has 9 heteroatoms. The van der Waals surface area contributed by atoms with Crippen LogP contribution in [0.15, 0.2) is 47.4 Å². The molecule has 2 aromatic carbocycles. The van der Waals surface area contributed by atoms with Crippen molar-refractivity contribution >= 4 is 32.9 Å². The SMILES string of the molecule is Cc1ccc(C(=O)Nc2nc3ccccc3[nH]2)cc1S(=O)(=O)N1CCOCC1. The van der Waals surface area contributed by atoms with Crippen LogP contribution in [0.4, 0.5) is 5.95 Å². The summed E-state index contributed by atoms with van der Waals surface area (Å²) >= 11 is 0. The van der Waals surface area contributed by atoms with Gasteiger partial charge in [-0.05, 0) is 36.8 Å². The summed E-state index contributed by atoms with van der Waals surface area (Å²) in [6.07, 6.45) is 0. The van der Waals surface area contributed by atoms with Gasteiger partial charge in [0, 0.05) is 18.7 Å². The minimum absolute atomic E-state index is 0.131. The Morgan fingerprint density at radius 2 is 1.93 bits per heavy atom. The molecule has 8 nitrogen and oxygen atoms in total. The van der Waals surface area contributed by atoms with E-state index in [1.165, 1.54) is 10.4 Å². The second-order valence-electron chi connectivity index (χ2n) is 6.55. The molecule has 146 valence electrons. The number of aryl methyl sites for hydroxylation is 1. The minimum Gasteiger partial charge on any atom is -0.379 e. The van der Waals surface area contributed by atoms with Crippen molar-refractivity contribution in [1.82, 2.24) is 14.3 Å². The number of sulfonamides is 1. The van der Waals surface area contributed by atoms with Crippen molar-refractivity contribution in [1.29, 1.82) is 0 Å². The van der Waals surface area contributed by atoms with Gasteiger partial charge in [-0.15, -0.1) is 0 Å². The van der Waals surface area contributed by atoms with Gasteiger partial charge in [-0.1, -0.05) is 18.2 Å². The second kappa shape index (κ2) is 7.34. The molecule has 2 N–H and O–H groups in total. The van der Waals surface area contributed by atoms with Crippen LogP contribution < -0.4 is 5.32 Å². The zero-order valence-electron chi connectivity index (χ0n) is 15.3. The van der Waals surface area contributed by atoms with Crippen LogP contribution in [-0.4, -0.2) is 54.9 Å². The number of para-hydroxylation sites is 2. The number of fused-ring (bicyclic) bond motifs is 1. The molecule has 3 aromatic rings. The Kier molecular flexibility index (Phi) is 4.88. The Morgan fingerprint density at radius 1 is 1.18 bits per heavy atom. The van der Waals surface area contributed by atoms with Crippen LogP contribution in [-0.2, 0) is 14.8 Å². The van der Waals surface area contributed by atoms with E-state index in [1.54, 1.807) is 19.1 Å². The number of benzene rings is 2. The van der Waals surface area contributed by atoms with Gasteiger partial charge in [0.2, 0.25) is 16.0 Å². The van der Waals surface area contributed by atoms with Gasteiger partial charge in [-0.3, -0.25) is 10.1 Å². The molecule has 0 aliphatic carbocycles. The summed E-state index contributed by atoms with van der Waals surface area (Å²) in [7, 11) is -3.69. The molecule has 0 saturated carbocycles. The number of H-pyrrole nitrogens is 1. The topological polar surface area (TPSA) is 104 Å². The van der Waals surface area contributed by atoms with Gasteiger partial charge in [0.25, 0.3) is 5.91 Å². The third kappa shape index (κ3) is 3.51. The first kappa shape index (κ1) is 18.6. The highest BCUT2D eigenvalue weighted by molar-refractivity contribution is 7.89. The molecular weight excluding hydrogens is 380 g/mol. The summed E-state index contributed by atoms with van der Waals surface area (Å²) < 4.78 is 32.6. The molecule has 0 radical (unpaired) electrons. The molecule has 1 fully saturated rings. The number of carbonyl (C=O) groups excluding carboxylic acids is 1. The maximum absolute atomic E-state index is 13.0. The Balaban J connectivity index is 1.61. The van der Waals surface area contributed by atoms with Crippen LogP contribution in [0.1, 0.15) is 15.9 Å². The predicted octanol–water partition coefficient (Wildman–Crippen LogP) is 2.14. The van der Waals surface area contributed by atoms with E-state index in [0.29, 0.717) is 37.8 Å². The van der Waals surface area contributed by atoms with Crippen molar-refractivity contribution in [2.24, 2.45) is 0 Å². The van der Waals surface area contributed by atoms with Crippen LogP contribution in [0, 0.1) is 6.92 Å². The van der Waals surface area contributed by atoms with Gasteiger partial charge in [-0.2, -0.15) is 4.31 Å². The van der Waals surface area contributed by atoms with Crippen LogP contribution in [0.5, 0.6) is 0 Å². The number of carbonyl (C=O) groups is 1. The lowest BCUT2D eigenvalue weighted by Crippen LogP contribution is -2.40. The number of nitrogens with zero attached hydrogens (tertiary/aromatic N) is 2.